The maximum atomic E-state index is 9.86. The molecule has 1 unspecified atom stereocenters. The lowest BCUT2D eigenvalue weighted by Crippen LogP contribution is -1.98. The highest BCUT2D eigenvalue weighted by atomic mass is 16.3. The van der Waals surface area contributed by atoms with Gasteiger partial charge < -0.3 is 15.3 Å². The summed E-state index contributed by atoms with van der Waals surface area (Å²) in [6.07, 6.45) is 7.27. The monoisotopic (exact) mass is 282 g/mol. The first-order valence-electron chi connectivity index (χ1n) is 6.74. The molecule has 0 radical (unpaired) electrons. The molecule has 3 heteroatoms. The van der Waals surface area contributed by atoms with Crippen molar-refractivity contribution in [2.45, 2.75) is 12.5 Å². The van der Waals surface area contributed by atoms with Gasteiger partial charge in [0.2, 0.25) is 0 Å². The Bertz CT molecular complexity index is 610. The topological polar surface area (TPSA) is 60.7 Å². The number of hydrogen-bond donors (Lipinski definition) is 3. The lowest BCUT2D eigenvalue weighted by atomic mass is 10.1. The first-order valence-corrected chi connectivity index (χ1v) is 6.74. The normalized spacial score (nSPS) is 13.0. The summed E-state index contributed by atoms with van der Waals surface area (Å²) in [4.78, 5) is 0. The van der Waals surface area contributed by atoms with Crippen LogP contribution in [0.25, 0.3) is 12.2 Å². The van der Waals surface area contributed by atoms with Crippen molar-refractivity contribution < 1.29 is 15.3 Å². The molecule has 0 aliphatic heterocycles. The van der Waals surface area contributed by atoms with Crippen LogP contribution < -0.4 is 0 Å². The quantitative estimate of drug-likeness (QED) is 0.785. The van der Waals surface area contributed by atoms with Crippen molar-refractivity contribution in [1.29, 1.82) is 0 Å². The molecule has 0 aliphatic rings. The predicted octanol–water partition coefficient (Wildman–Crippen LogP) is 3.58. The molecule has 0 spiro atoms. The summed E-state index contributed by atoms with van der Waals surface area (Å²) in [5, 5.41) is 28.2. The third kappa shape index (κ3) is 5.16. The number of benzene rings is 2. The van der Waals surface area contributed by atoms with Gasteiger partial charge in [0, 0.05) is 0 Å². The van der Waals surface area contributed by atoms with Gasteiger partial charge in [-0.3, -0.25) is 0 Å². The highest BCUT2D eigenvalue weighted by Gasteiger charge is 1.96. The number of aromatic hydroxyl groups is 2. The number of phenols is 2. The van der Waals surface area contributed by atoms with E-state index in [9.17, 15) is 15.3 Å². The summed E-state index contributed by atoms with van der Waals surface area (Å²) < 4.78 is 0. The molecule has 0 amide bonds. The molecule has 0 aliphatic carbocycles. The van der Waals surface area contributed by atoms with Crippen molar-refractivity contribution in [3.63, 3.8) is 0 Å². The molecule has 3 N–H and O–H groups in total. The van der Waals surface area contributed by atoms with Crippen molar-refractivity contribution in [3.05, 3.63) is 71.8 Å². The van der Waals surface area contributed by atoms with E-state index in [2.05, 4.69) is 0 Å². The molecule has 1 atom stereocenters. The maximum Gasteiger partial charge on any atom is 0.115 e. The van der Waals surface area contributed by atoms with E-state index in [1.807, 2.05) is 30.4 Å². The Morgan fingerprint density at radius 1 is 0.762 bits per heavy atom. The summed E-state index contributed by atoms with van der Waals surface area (Å²) in [7, 11) is 0. The smallest absolute Gasteiger partial charge is 0.115 e. The van der Waals surface area contributed by atoms with Gasteiger partial charge in [-0.25, -0.2) is 0 Å². The first kappa shape index (κ1) is 14.9. The van der Waals surface area contributed by atoms with E-state index in [4.69, 9.17) is 0 Å². The summed E-state index contributed by atoms with van der Waals surface area (Å²) in [6.45, 7) is 0. The zero-order chi connectivity index (χ0) is 15.1. The van der Waals surface area contributed by atoms with E-state index in [1.165, 1.54) is 0 Å². The molecule has 0 heterocycles. The van der Waals surface area contributed by atoms with Crippen LogP contribution in [0.2, 0.25) is 0 Å². The molecule has 0 aromatic heterocycles. The van der Waals surface area contributed by atoms with Crippen LogP contribution in [0.15, 0.2) is 60.7 Å². The fourth-order valence-electron chi connectivity index (χ4n) is 1.82. The van der Waals surface area contributed by atoms with Gasteiger partial charge in [0.05, 0.1) is 6.10 Å². The first-order chi connectivity index (χ1) is 10.1. The van der Waals surface area contributed by atoms with Crippen LogP contribution in [0.4, 0.5) is 0 Å². The van der Waals surface area contributed by atoms with E-state index in [1.54, 1.807) is 42.5 Å². The van der Waals surface area contributed by atoms with E-state index >= 15 is 0 Å². The van der Waals surface area contributed by atoms with E-state index < -0.39 is 6.10 Å². The molecular weight excluding hydrogens is 264 g/mol. The van der Waals surface area contributed by atoms with E-state index in [-0.39, 0.29) is 11.5 Å². The molecule has 2 rings (SSSR count). The number of hydrogen-bond acceptors (Lipinski definition) is 3. The molecule has 0 saturated heterocycles. The Balaban J connectivity index is 1.85. The second-order valence-corrected chi connectivity index (χ2v) is 4.75. The summed E-state index contributed by atoms with van der Waals surface area (Å²) in [6, 6.07) is 13.7. The standard InChI is InChI=1S/C18H18O3/c19-16(9-6-15-7-12-18(21)13-8-15)3-1-2-14-4-10-17(20)11-5-14/h1-2,4-13,16,19-21H,3H2/b2-1+,9-6+. The molecule has 108 valence electrons. The van der Waals surface area contributed by atoms with Gasteiger partial charge in [0.1, 0.15) is 11.5 Å². The highest BCUT2D eigenvalue weighted by molar-refractivity contribution is 5.52. The predicted molar refractivity (Wildman–Crippen MR) is 84.9 cm³/mol. The summed E-state index contributed by atoms with van der Waals surface area (Å²) in [5.74, 6) is 0.466. The van der Waals surface area contributed by atoms with Gasteiger partial charge in [-0.05, 0) is 41.8 Å². The molecule has 0 saturated carbocycles. The number of rotatable bonds is 5. The fourth-order valence-corrected chi connectivity index (χ4v) is 1.82. The number of aliphatic hydroxyl groups excluding tert-OH is 1. The zero-order valence-corrected chi connectivity index (χ0v) is 11.6. The lowest BCUT2D eigenvalue weighted by Gasteiger charge is -2.01. The van der Waals surface area contributed by atoms with Crippen LogP contribution in [-0.2, 0) is 0 Å². The zero-order valence-electron chi connectivity index (χ0n) is 11.6. The van der Waals surface area contributed by atoms with Crippen LogP contribution in [0.3, 0.4) is 0 Å². The molecular formula is C18H18O3. The van der Waals surface area contributed by atoms with Gasteiger partial charge in [-0.2, -0.15) is 0 Å². The lowest BCUT2D eigenvalue weighted by molar-refractivity contribution is 0.228. The average Bonchev–Trinajstić information content (AvgIpc) is 2.49. The minimum absolute atomic E-state index is 0.226. The Kier molecular flexibility index (Phi) is 5.18. The summed E-state index contributed by atoms with van der Waals surface area (Å²) >= 11 is 0. The van der Waals surface area contributed by atoms with Gasteiger partial charge >= 0.3 is 0 Å². The van der Waals surface area contributed by atoms with Gasteiger partial charge in [0.15, 0.2) is 0 Å². The van der Waals surface area contributed by atoms with Crippen molar-refractivity contribution >= 4 is 12.2 Å². The van der Waals surface area contributed by atoms with Gasteiger partial charge in [-0.1, -0.05) is 48.6 Å². The molecule has 21 heavy (non-hydrogen) atoms. The van der Waals surface area contributed by atoms with Gasteiger partial charge in [0.25, 0.3) is 0 Å². The highest BCUT2D eigenvalue weighted by Crippen LogP contribution is 2.13. The molecule has 3 nitrogen and oxygen atoms in total. The van der Waals surface area contributed by atoms with Crippen molar-refractivity contribution in [3.8, 4) is 11.5 Å². The third-order valence-electron chi connectivity index (χ3n) is 2.98. The van der Waals surface area contributed by atoms with Crippen LogP contribution in [0.5, 0.6) is 11.5 Å². The molecule has 0 fully saturated rings. The minimum Gasteiger partial charge on any atom is -0.508 e. The molecule has 2 aromatic rings. The molecule has 0 bridgehead atoms. The Hall–Kier alpha value is -2.52. The van der Waals surface area contributed by atoms with Crippen molar-refractivity contribution in [1.82, 2.24) is 0 Å². The number of phenolic OH excluding ortho intramolecular Hbond substituents is 2. The Morgan fingerprint density at radius 2 is 1.24 bits per heavy atom. The number of aliphatic hydroxyl groups is 1. The van der Waals surface area contributed by atoms with E-state index in [0.29, 0.717) is 6.42 Å². The van der Waals surface area contributed by atoms with Crippen LogP contribution in [0, 0.1) is 0 Å². The Morgan fingerprint density at radius 3 is 1.76 bits per heavy atom. The van der Waals surface area contributed by atoms with Crippen LogP contribution >= 0.6 is 0 Å². The fraction of sp³-hybridized carbons (Fsp3) is 0.111. The van der Waals surface area contributed by atoms with Crippen molar-refractivity contribution in [2.75, 3.05) is 0 Å². The minimum atomic E-state index is -0.563. The second-order valence-electron chi connectivity index (χ2n) is 4.75. The third-order valence-corrected chi connectivity index (χ3v) is 2.98. The second kappa shape index (κ2) is 7.31. The van der Waals surface area contributed by atoms with Crippen LogP contribution in [-0.4, -0.2) is 21.4 Å². The van der Waals surface area contributed by atoms with Crippen molar-refractivity contribution in [2.24, 2.45) is 0 Å². The van der Waals surface area contributed by atoms with Gasteiger partial charge in [-0.15, -0.1) is 0 Å². The largest absolute Gasteiger partial charge is 0.508 e. The summed E-state index contributed by atoms with van der Waals surface area (Å²) in [5.41, 5.74) is 1.90. The SMILES string of the molecule is Oc1ccc(/C=C/CC(O)/C=C/c2ccc(O)cc2)cc1. The Labute approximate surface area is 124 Å². The molecule has 2 aromatic carbocycles. The average molecular weight is 282 g/mol. The van der Waals surface area contributed by atoms with E-state index in [0.717, 1.165) is 11.1 Å². The maximum absolute atomic E-state index is 9.86. The van der Waals surface area contributed by atoms with Crippen LogP contribution in [0.1, 0.15) is 17.5 Å².